The molecule has 92 valence electrons. The zero-order chi connectivity index (χ0) is 13.0. The van der Waals surface area contributed by atoms with Crippen LogP contribution in [0.25, 0.3) is 0 Å². The second kappa shape index (κ2) is 5.55. The van der Waals surface area contributed by atoms with Crippen LogP contribution in [0, 0.1) is 0 Å². The summed E-state index contributed by atoms with van der Waals surface area (Å²) in [6.45, 7) is 0. The molecule has 0 bridgehead atoms. The molecule has 5 heteroatoms. The molecule has 2 rings (SSSR count). The van der Waals surface area contributed by atoms with Crippen LogP contribution in [0.3, 0.4) is 0 Å². The first-order chi connectivity index (χ1) is 8.70. The predicted octanol–water partition coefficient (Wildman–Crippen LogP) is 3.34. The number of oxime groups is 1. The highest BCUT2D eigenvalue weighted by Gasteiger charge is 2.06. The van der Waals surface area contributed by atoms with E-state index in [0.29, 0.717) is 15.8 Å². The van der Waals surface area contributed by atoms with E-state index in [1.807, 2.05) is 30.3 Å². The molecule has 0 aromatic heterocycles. The highest BCUT2D eigenvalue weighted by atomic mass is 79.9. The number of nitrogens with zero attached hydrogens (tertiary/aromatic N) is 1. The quantitative estimate of drug-likeness (QED) is 0.395. The van der Waals surface area contributed by atoms with E-state index in [1.165, 1.54) is 0 Å². The van der Waals surface area contributed by atoms with Crippen LogP contribution in [0.5, 0.6) is 11.5 Å². The van der Waals surface area contributed by atoms with E-state index >= 15 is 0 Å². The van der Waals surface area contributed by atoms with Crippen molar-refractivity contribution in [3.8, 4) is 11.5 Å². The Kier molecular flexibility index (Phi) is 3.84. The second-order valence-corrected chi connectivity index (χ2v) is 4.40. The number of rotatable bonds is 3. The molecule has 0 atom stereocenters. The van der Waals surface area contributed by atoms with Gasteiger partial charge in [0, 0.05) is 10.0 Å². The maximum Gasteiger partial charge on any atom is 0.171 e. The van der Waals surface area contributed by atoms with E-state index in [-0.39, 0.29) is 5.84 Å². The van der Waals surface area contributed by atoms with Crippen molar-refractivity contribution in [3.05, 3.63) is 58.6 Å². The molecule has 0 spiro atoms. The third-order valence-electron chi connectivity index (χ3n) is 2.30. The standard InChI is InChI=1S/C13H11BrN2O2/c14-12-8-10(6-7-11(12)13(15)16-17)18-9-4-2-1-3-5-9/h1-8,17H,(H2,15,16). The van der Waals surface area contributed by atoms with Crippen molar-refractivity contribution in [1.29, 1.82) is 0 Å². The monoisotopic (exact) mass is 306 g/mol. The molecule has 18 heavy (non-hydrogen) atoms. The average molecular weight is 307 g/mol. The lowest BCUT2D eigenvalue weighted by Crippen LogP contribution is -2.13. The number of para-hydroxylation sites is 1. The summed E-state index contributed by atoms with van der Waals surface area (Å²) in [7, 11) is 0. The van der Waals surface area contributed by atoms with Gasteiger partial charge in [0.25, 0.3) is 0 Å². The van der Waals surface area contributed by atoms with Crippen molar-refractivity contribution < 1.29 is 9.94 Å². The van der Waals surface area contributed by atoms with Crippen molar-refractivity contribution in [2.45, 2.75) is 0 Å². The van der Waals surface area contributed by atoms with Crippen molar-refractivity contribution >= 4 is 21.8 Å². The molecule has 0 saturated heterocycles. The lowest BCUT2D eigenvalue weighted by Gasteiger charge is -2.08. The molecule has 0 aliphatic heterocycles. The van der Waals surface area contributed by atoms with E-state index in [2.05, 4.69) is 21.1 Å². The lowest BCUT2D eigenvalue weighted by molar-refractivity contribution is 0.318. The SMILES string of the molecule is N/C(=N/O)c1ccc(Oc2ccccc2)cc1Br. The summed E-state index contributed by atoms with van der Waals surface area (Å²) in [4.78, 5) is 0. The van der Waals surface area contributed by atoms with Crippen molar-refractivity contribution in [1.82, 2.24) is 0 Å². The van der Waals surface area contributed by atoms with Crippen LogP contribution in [0.1, 0.15) is 5.56 Å². The molecule has 2 aromatic rings. The van der Waals surface area contributed by atoms with Gasteiger partial charge in [-0.1, -0.05) is 23.4 Å². The third-order valence-corrected chi connectivity index (χ3v) is 2.96. The normalized spacial score (nSPS) is 11.3. The van der Waals surface area contributed by atoms with Gasteiger partial charge in [0.2, 0.25) is 0 Å². The van der Waals surface area contributed by atoms with Crippen molar-refractivity contribution in [2.24, 2.45) is 10.9 Å². The summed E-state index contributed by atoms with van der Waals surface area (Å²) >= 11 is 3.35. The van der Waals surface area contributed by atoms with Crippen LogP contribution in [-0.4, -0.2) is 11.0 Å². The van der Waals surface area contributed by atoms with Gasteiger partial charge in [-0.3, -0.25) is 0 Å². The van der Waals surface area contributed by atoms with E-state index in [9.17, 15) is 0 Å². The molecule has 4 nitrogen and oxygen atoms in total. The highest BCUT2D eigenvalue weighted by Crippen LogP contribution is 2.26. The first-order valence-electron chi connectivity index (χ1n) is 5.21. The Morgan fingerprint density at radius 2 is 1.83 bits per heavy atom. The number of amidine groups is 1. The van der Waals surface area contributed by atoms with Gasteiger partial charge in [0.1, 0.15) is 11.5 Å². The van der Waals surface area contributed by atoms with Crippen LogP contribution in [0.15, 0.2) is 58.2 Å². The largest absolute Gasteiger partial charge is 0.457 e. The summed E-state index contributed by atoms with van der Waals surface area (Å²) < 4.78 is 6.35. The Balaban J connectivity index is 2.25. The molecular weight excluding hydrogens is 296 g/mol. The van der Waals surface area contributed by atoms with Gasteiger partial charge in [-0.15, -0.1) is 0 Å². The average Bonchev–Trinajstić information content (AvgIpc) is 2.39. The van der Waals surface area contributed by atoms with Gasteiger partial charge in [-0.25, -0.2) is 0 Å². The highest BCUT2D eigenvalue weighted by molar-refractivity contribution is 9.10. The second-order valence-electron chi connectivity index (χ2n) is 3.54. The topological polar surface area (TPSA) is 67.8 Å². The van der Waals surface area contributed by atoms with E-state index in [4.69, 9.17) is 15.7 Å². The molecule has 3 N–H and O–H groups in total. The molecule has 0 unspecified atom stereocenters. The van der Waals surface area contributed by atoms with Crippen molar-refractivity contribution in [3.63, 3.8) is 0 Å². The van der Waals surface area contributed by atoms with Crippen LogP contribution >= 0.6 is 15.9 Å². The summed E-state index contributed by atoms with van der Waals surface area (Å²) in [5.41, 5.74) is 6.14. The van der Waals surface area contributed by atoms with Crippen LogP contribution < -0.4 is 10.5 Å². The minimum Gasteiger partial charge on any atom is -0.457 e. The number of hydrogen-bond donors (Lipinski definition) is 2. The number of halogens is 1. The Hall–Kier alpha value is -2.01. The summed E-state index contributed by atoms with van der Waals surface area (Å²) in [5.74, 6) is 1.47. The van der Waals surface area contributed by atoms with Crippen LogP contribution in [0.4, 0.5) is 0 Å². The molecule has 0 fully saturated rings. The minimum absolute atomic E-state index is 0.0492. The Labute approximate surface area is 113 Å². The summed E-state index contributed by atoms with van der Waals surface area (Å²) in [6, 6.07) is 14.7. The van der Waals surface area contributed by atoms with Crippen molar-refractivity contribution in [2.75, 3.05) is 0 Å². The van der Waals surface area contributed by atoms with Crippen LogP contribution in [-0.2, 0) is 0 Å². The molecule has 2 aromatic carbocycles. The third kappa shape index (κ3) is 2.81. The maximum atomic E-state index is 8.63. The van der Waals surface area contributed by atoms with Gasteiger partial charge in [-0.2, -0.15) is 0 Å². The van der Waals surface area contributed by atoms with E-state index in [0.717, 1.165) is 5.75 Å². The fraction of sp³-hybridized carbons (Fsp3) is 0. The summed E-state index contributed by atoms with van der Waals surface area (Å²) in [6.07, 6.45) is 0. The molecule has 0 amide bonds. The minimum atomic E-state index is 0.0492. The predicted molar refractivity (Wildman–Crippen MR) is 73.2 cm³/mol. The van der Waals surface area contributed by atoms with Gasteiger partial charge in [0.05, 0.1) is 0 Å². The molecule has 0 saturated carbocycles. The number of nitrogens with two attached hydrogens (primary N) is 1. The van der Waals surface area contributed by atoms with Gasteiger partial charge >= 0.3 is 0 Å². The smallest absolute Gasteiger partial charge is 0.171 e. The molecule has 0 radical (unpaired) electrons. The zero-order valence-electron chi connectivity index (χ0n) is 9.38. The Bertz CT molecular complexity index is 570. The fourth-order valence-electron chi connectivity index (χ4n) is 1.45. The number of benzene rings is 2. The number of hydrogen-bond acceptors (Lipinski definition) is 3. The van der Waals surface area contributed by atoms with Gasteiger partial charge in [-0.05, 0) is 46.3 Å². The van der Waals surface area contributed by atoms with E-state index < -0.39 is 0 Å². The molecule has 0 aliphatic rings. The first-order valence-corrected chi connectivity index (χ1v) is 6.00. The zero-order valence-corrected chi connectivity index (χ0v) is 11.0. The lowest BCUT2D eigenvalue weighted by atomic mass is 10.2. The molecule has 0 heterocycles. The molecule has 0 aliphatic carbocycles. The summed E-state index contributed by atoms with van der Waals surface area (Å²) in [5, 5.41) is 11.6. The number of ether oxygens (including phenoxy) is 1. The fourth-order valence-corrected chi connectivity index (χ4v) is 2.01. The Morgan fingerprint density at radius 3 is 2.44 bits per heavy atom. The first kappa shape index (κ1) is 12.4. The van der Waals surface area contributed by atoms with Gasteiger partial charge in [0.15, 0.2) is 5.84 Å². The van der Waals surface area contributed by atoms with Gasteiger partial charge < -0.3 is 15.7 Å². The Morgan fingerprint density at radius 1 is 1.11 bits per heavy atom. The maximum absolute atomic E-state index is 8.63. The van der Waals surface area contributed by atoms with Crippen LogP contribution in [0.2, 0.25) is 0 Å². The van der Waals surface area contributed by atoms with E-state index in [1.54, 1.807) is 18.2 Å². The molecular formula is C13H11BrN2O2.